The first-order valence-electron chi connectivity index (χ1n) is 10.0. The van der Waals surface area contributed by atoms with Gasteiger partial charge in [-0.2, -0.15) is 0 Å². The predicted molar refractivity (Wildman–Crippen MR) is 115 cm³/mol. The van der Waals surface area contributed by atoms with Crippen molar-refractivity contribution in [3.63, 3.8) is 0 Å². The van der Waals surface area contributed by atoms with Crippen molar-refractivity contribution >= 4 is 46.3 Å². The molecule has 1 amide bonds. The minimum Gasteiger partial charge on any atom is -0.489 e. The van der Waals surface area contributed by atoms with E-state index in [0.717, 1.165) is 36.9 Å². The molecule has 2 fully saturated rings. The van der Waals surface area contributed by atoms with Crippen LogP contribution in [0, 0.1) is 5.92 Å². The molecule has 5 nitrogen and oxygen atoms in total. The van der Waals surface area contributed by atoms with Gasteiger partial charge in [-0.15, -0.1) is 0 Å². The Morgan fingerprint density at radius 1 is 1.17 bits per heavy atom. The van der Waals surface area contributed by atoms with Crippen molar-refractivity contribution in [2.45, 2.75) is 31.1 Å². The van der Waals surface area contributed by atoms with Crippen LogP contribution in [0.15, 0.2) is 42.0 Å². The number of ether oxygens (including phenoxy) is 1. The van der Waals surface area contributed by atoms with E-state index in [1.807, 2.05) is 18.2 Å². The van der Waals surface area contributed by atoms with Crippen LogP contribution >= 0.6 is 23.2 Å². The quantitative estimate of drug-likeness (QED) is 0.661. The van der Waals surface area contributed by atoms with Crippen molar-refractivity contribution < 1.29 is 20.1 Å². The Morgan fingerprint density at radius 2 is 1.87 bits per heavy atom. The lowest BCUT2D eigenvalue weighted by Crippen LogP contribution is -2.48. The van der Waals surface area contributed by atoms with Crippen LogP contribution in [0.25, 0.3) is 5.70 Å². The number of carbonyl (C=O) groups excluding carboxylic acids is 2. The molecule has 0 unspecified atom stereocenters. The number of nitrogens with one attached hydrogen (secondary N) is 1. The number of fused-ring (bicyclic) bond motifs is 2. The molecular weight excluding hydrogens is 423 g/mol. The zero-order chi connectivity index (χ0) is 21.0. The molecule has 154 valence electrons. The fourth-order valence-corrected chi connectivity index (χ4v) is 4.72. The molecule has 0 bridgehead atoms. The highest BCUT2D eigenvalue weighted by Gasteiger charge is 2.56. The Bertz CT molecular complexity index is 1100. The van der Waals surface area contributed by atoms with E-state index in [2.05, 4.69) is 11.1 Å². The van der Waals surface area contributed by atoms with Gasteiger partial charge in [-0.25, -0.2) is 0 Å². The average Bonchev–Trinajstić information content (AvgIpc) is 3.61. The molecule has 1 aliphatic heterocycles. The van der Waals surface area contributed by atoms with Crippen LogP contribution in [-0.2, 0) is 15.0 Å². The molecular formula is C23H21Cl2N2O3+. The number of quaternary nitrogens is 1. The van der Waals surface area contributed by atoms with E-state index >= 15 is 0 Å². The zero-order valence-corrected chi connectivity index (χ0v) is 17.8. The topological polar surface area (TPSA) is 83.0 Å². The van der Waals surface area contributed by atoms with Gasteiger partial charge in [0.2, 0.25) is 5.91 Å². The van der Waals surface area contributed by atoms with E-state index in [4.69, 9.17) is 27.9 Å². The maximum absolute atomic E-state index is 13.0. The van der Waals surface area contributed by atoms with Gasteiger partial charge in [-0.1, -0.05) is 29.3 Å². The van der Waals surface area contributed by atoms with Gasteiger partial charge in [0.25, 0.3) is 0 Å². The summed E-state index contributed by atoms with van der Waals surface area (Å²) < 4.78 is 6.03. The van der Waals surface area contributed by atoms with Gasteiger partial charge in [0.1, 0.15) is 18.1 Å². The summed E-state index contributed by atoms with van der Waals surface area (Å²) in [5, 5.41) is 3.84. The normalized spacial score (nSPS) is 19.2. The van der Waals surface area contributed by atoms with Crippen LogP contribution < -0.4 is 15.8 Å². The molecule has 0 aromatic heterocycles. The van der Waals surface area contributed by atoms with E-state index in [1.54, 1.807) is 18.2 Å². The molecule has 0 saturated heterocycles. The van der Waals surface area contributed by atoms with Gasteiger partial charge in [0, 0.05) is 11.6 Å². The molecule has 30 heavy (non-hydrogen) atoms. The number of rotatable bonds is 6. The summed E-state index contributed by atoms with van der Waals surface area (Å²) in [7, 11) is 0. The fourth-order valence-electron chi connectivity index (χ4n) is 4.10. The first-order valence-corrected chi connectivity index (χ1v) is 10.8. The van der Waals surface area contributed by atoms with E-state index in [1.165, 1.54) is 0 Å². The number of halogens is 2. The second kappa shape index (κ2) is 7.12. The third kappa shape index (κ3) is 3.22. The van der Waals surface area contributed by atoms with Crippen LogP contribution in [0.5, 0.6) is 5.75 Å². The van der Waals surface area contributed by atoms with E-state index in [-0.39, 0.29) is 29.6 Å². The van der Waals surface area contributed by atoms with Crippen LogP contribution in [0.2, 0.25) is 10.0 Å². The monoisotopic (exact) mass is 443 g/mol. The third-order valence-corrected chi connectivity index (χ3v) is 6.83. The molecule has 4 N–H and O–H groups in total. The summed E-state index contributed by atoms with van der Waals surface area (Å²) in [6.07, 6.45) is 3.46. The maximum atomic E-state index is 13.0. The van der Waals surface area contributed by atoms with Crippen molar-refractivity contribution in [3.05, 3.63) is 63.1 Å². The Hall–Kier alpha value is -2.34. The lowest BCUT2D eigenvalue weighted by molar-refractivity contribution is -0.245. The van der Waals surface area contributed by atoms with Gasteiger partial charge in [-0.05, 0) is 61.6 Å². The van der Waals surface area contributed by atoms with Gasteiger partial charge >= 0.3 is 0 Å². The maximum Gasteiger partial charge on any atom is 0.235 e. The second-order valence-corrected chi connectivity index (χ2v) is 9.04. The standard InChI is InChI=1S/C23H20Cl2N2O3/c24-16-2-1-3-17(25)19(16)20(26)14(21(28)12-4-5-12)11-30-13-6-7-18-15(10-13)23(8-9-23)22(29)27-18/h1-3,6-7,10,12H,4-5,8-9,11,26H2,(H,27,29)/p+1. The van der Waals surface area contributed by atoms with E-state index < -0.39 is 0 Å². The highest BCUT2D eigenvalue weighted by molar-refractivity contribution is 6.37. The minimum atomic E-state index is -0.389. The summed E-state index contributed by atoms with van der Waals surface area (Å²) >= 11 is 12.7. The van der Waals surface area contributed by atoms with E-state index in [0.29, 0.717) is 32.6 Å². The largest absolute Gasteiger partial charge is 0.489 e. The summed E-state index contributed by atoms with van der Waals surface area (Å²) in [5.41, 5.74) is 7.12. The molecule has 3 aliphatic rings. The Morgan fingerprint density at radius 3 is 2.50 bits per heavy atom. The predicted octanol–water partition coefficient (Wildman–Crippen LogP) is 3.99. The first-order chi connectivity index (χ1) is 14.4. The van der Waals surface area contributed by atoms with Crippen LogP contribution in [-0.4, -0.2) is 18.3 Å². The molecule has 1 heterocycles. The summed E-state index contributed by atoms with van der Waals surface area (Å²) in [6, 6.07) is 10.8. The molecule has 0 radical (unpaired) electrons. The van der Waals surface area contributed by atoms with Crippen molar-refractivity contribution in [2.75, 3.05) is 11.9 Å². The fraction of sp³-hybridized carbons (Fsp3) is 0.304. The Balaban J connectivity index is 1.46. The number of ketones is 1. The lowest BCUT2D eigenvalue weighted by Gasteiger charge is -2.13. The summed E-state index contributed by atoms with van der Waals surface area (Å²) in [5.74, 6) is 0.731. The molecule has 0 atom stereocenters. The molecule has 2 aromatic carbocycles. The number of anilines is 1. The molecule has 1 spiro atoms. The van der Waals surface area contributed by atoms with Gasteiger partial charge < -0.3 is 15.8 Å². The molecule has 2 saturated carbocycles. The smallest absolute Gasteiger partial charge is 0.235 e. The molecule has 2 aliphatic carbocycles. The van der Waals surface area contributed by atoms with Crippen LogP contribution in [0.3, 0.4) is 0 Å². The minimum absolute atomic E-state index is 0.0122. The zero-order valence-electron chi connectivity index (χ0n) is 16.3. The van der Waals surface area contributed by atoms with Crippen LogP contribution in [0.4, 0.5) is 5.69 Å². The van der Waals surface area contributed by atoms with Crippen LogP contribution in [0.1, 0.15) is 36.8 Å². The lowest BCUT2D eigenvalue weighted by atomic mass is 9.97. The second-order valence-electron chi connectivity index (χ2n) is 8.22. The van der Waals surface area contributed by atoms with Crippen molar-refractivity contribution in [1.82, 2.24) is 0 Å². The highest BCUT2D eigenvalue weighted by Crippen LogP contribution is 2.55. The Kier molecular flexibility index (Phi) is 4.65. The number of hydrogen-bond acceptors (Lipinski definition) is 3. The molecule has 5 rings (SSSR count). The number of Topliss-reactive ketones (excluding diaryl/α,β-unsaturated/α-hetero) is 1. The first kappa shape index (κ1) is 19.6. The number of hydrogen-bond donors (Lipinski definition) is 2. The number of benzene rings is 2. The molecule has 2 aromatic rings. The van der Waals surface area contributed by atoms with Crippen molar-refractivity contribution in [1.29, 1.82) is 0 Å². The third-order valence-electron chi connectivity index (χ3n) is 6.20. The Labute approximate surface area is 184 Å². The summed E-state index contributed by atoms with van der Waals surface area (Å²) in [6.45, 7) is 0.0723. The van der Waals surface area contributed by atoms with Gasteiger partial charge in [-0.3, -0.25) is 9.59 Å². The molecule has 7 heteroatoms. The highest BCUT2D eigenvalue weighted by atomic mass is 35.5. The van der Waals surface area contributed by atoms with Gasteiger partial charge in [0.05, 0.1) is 26.6 Å². The average molecular weight is 444 g/mol. The summed E-state index contributed by atoms with van der Waals surface area (Å²) in [4.78, 5) is 25.2. The van der Waals surface area contributed by atoms with Gasteiger partial charge in [0.15, 0.2) is 5.78 Å². The van der Waals surface area contributed by atoms with Crippen molar-refractivity contribution in [2.24, 2.45) is 5.92 Å². The van der Waals surface area contributed by atoms with Crippen molar-refractivity contribution in [3.8, 4) is 5.75 Å². The SMILES string of the molecule is [NH3+]C(=C(COc1ccc2c(c1)C1(CC1)C(=O)N2)C(=O)C1CC1)c1c(Cl)cccc1Cl. The van der Waals surface area contributed by atoms with E-state index in [9.17, 15) is 9.59 Å². The number of carbonyl (C=O) groups is 2. The number of amides is 1.